The first kappa shape index (κ1) is 14.3. The minimum absolute atomic E-state index is 0.170. The molecule has 0 saturated heterocycles. The van der Waals surface area contributed by atoms with Crippen LogP contribution >= 0.6 is 11.6 Å². The molecule has 2 aromatic rings. The molecule has 2 rings (SSSR count). The maximum absolute atomic E-state index is 12.4. The van der Waals surface area contributed by atoms with Crippen LogP contribution in [0.5, 0.6) is 0 Å². The molecular formula is C13H16ClN5O. The topological polar surface area (TPSA) is 63.1 Å². The largest absolute Gasteiger partial charge is 0.373 e. The number of pyridine rings is 1. The highest BCUT2D eigenvalue weighted by atomic mass is 35.5. The number of aromatic nitrogens is 3. The Balaban J connectivity index is 2.20. The number of halogens is 1. The number of nitrogens with one attached hydrogen (secondary N) is 1. The van der Waals surface area contributed by atoms with E-state index < -0.39 is 0 Å². The van der Waals surface area contributed by atoms with Crippen molar-refractivity contribution < 1.29 is 4.79 Å². The molecule has 106 valence electrons. The van der Waals surface area contributed by atoms with Crippen LogP contribution in [-0.4, -0.2) is 39.4 Å². The van der Waals surface area contributed by atoms with Crippen LogP contribution in [0.3, 0.4) is 0 Å². The first-order valence-electron chi connectivity index (χ1n) is 6.08. The summed E-state index contributed by atoms with van der Waals surface area (Å²) in [5.74, 6) is 1.24. The smallest absolute Gasteiger partial charge is 0.255 e. The Morgan fingerprint density at radius 1 is 1.50 bits per heavy atom. The summed E-state index contributed by atoms with van der Waals surface area (Å²) < 4.78 is 1.87. The molecule has 0 saturated carbocycles. The van der Waals surface area contributed by atoms with E-state index in [4.69, 9.17) is 11.6 Å². The Labute approximate surface area is 122 Å². The molecule has 0 aliphatic heterocycles. The molecule has 1 N–H and O–H groups in total. The summed E-state index contributed by atoms with van der Waals surface area (Å²) in [5, 5.41) is 3.22. The molecule has 6 nitrogen and oxygen atoms in total. The van der Waals surface area contributed by atoms with Crippen molar-refractivity contribution in [2.75, 3.05) is 19.4 Å². The number of nitrogens with zero attached hydrogens (tertiary/aromatic N) is 4. The first-order valence-corrected chi connectivity index (χ1v) is 6.45. The Hall–Kier alpha value is -2.08. The Morgan fingerprint density at radius 2 is 2.25 bits per heavy atom. The zero-order valence-electron chi connectivity index (χ0n) is 11.6. The molecule has 1 amide bonds. The summed E-state index contributed by atoms with van der Waals surface area (Å²) in [5.41, 5.74) is 0.419. The van der Waals surface area contributed by atoms with Gasteiger partial charge in [-0.05, 0) is 6.07 Å². The molecule has 0 spiro atoms. The first-order chi connectivity index (χ1) is 9.52. The van der Waals surface area contributed by atoms with Crippen LogP contribution in [0.4, 0.5) is 5.82 Å². The van der Waals surface area contributed by atoms with Crippen molar-refractivity contribution in [2.45, 2.75) is 6.54 Å². The standard InChI is InChI=1S/C13H16ClN5O/c1-15-11-6-9(10(14)7-17-11)13(20)19(3)8-12-16-4-5-18(12)2/h4-7H,8H2,1-3H3,(H,15,17). The molecule has 2 heterocycles. The van der Waals surface area contributed by atoms with Gasteiger partial charge in [0, 0.05) is 39.7 Å². The van der Waals surface area contributed by atoms with Crippen molar-refractivity contribution in [3.8, 4) is 0 Å². The molecule has 0 fully saturated rings. The van der Waals surface area contributed by atoms with Crippen molar-refractivity contribution in [1.29, 1.82) is 0 Å². The van der Waals surface area contributed by atoms with Crippen LogP contribution in [-0.2, 0) is 13.6 Å². The van der Waals surface area contributed by atoms with Gasteiger partial charge in [0.05, 0.1) is 17.1 Å². The number of rotatable bonds is 4. The lowest BCUT2D eigenvalue weighted by atomic mass is 10.2. The average molecular weight is 294 g/mol. The van der Waals surface area contributed by atoms with Gasteiger partial charge in [-0.1, -0.05) is 11.6 Å². The number of carbonyl (C=O) groups is 1. The zero-order chi connectivity index (χ0) is 14.7. The molecule has 0 bridgehead atoms. The van der Waals surface area contributed by atoms with Crippen molar-refractivity contribution in [3.05, 3.63) is 41.1 Å². The van der Waals surface area contributed by atoms with Crippen molar-refractivity contribution in [2.24, 2.45) is 7.05 Å². The number of anilines is 1. The van der Waals surface area contributed by atoms with Gasteiger partial charge in [-0.3, -0.25) is 4.79 Å². The Kier molecular flexibility index (Phi) is 4.24. The monoisotopic (exact) mass is 293 g/mol. The van der Waals surface area contributed by atoms with Gasteiger partial charge in [0.1, 0.15) is 11.6 Å². The fraction of sp³-hybridized carbons (Fsp3) is 0.308. The highest BCUT2D eigenvalue weighted by Crippen LogP contribution is 2.19. The summed E-state index contributed by atoms with van der Waals surface area (Å²) in [6, 6.07) is 1.64. The summed E-state index contributed by atoms with van der Waals surface area (Å²) in [4.78, 5) is 22.3. The van der Waals surface area contributed by atoms with E-state index in [2.05, 4.69) is 15.3 Å². The number of hydrogen-bond acceptors (Lipinski definition) is 4. The lowest BCUT2D eigenvalue weighted by molar-refractivity contribution is 0.0780. The van der Waals surface area contributed by atoms with E-state index in [1.54, 1.807) is 31.3 Å². The van der Waals surface area contributed by atoms with E-state index in [1.807, 2.05) is 17.8 Å². The van der Waals surface area contributed by atoms with Gasteiger partial charge in [-0.2, -0.15) is 0 Å². The van der Waals surface area contributed by atoms with E-state index in [9.17, 15) is 4.79 Å². The molecule has 0 aliphatic carbocycles. The number of hydrogen-bond donors (Lipinski definition) is 1. The summed E-state index contributed by atoms with van der Waals surface area (Å²) in [6.45, 7) is 0.413. The third-order valence-corrected chi connectivity index (χ3v) is 3.29. The van der Waals surface area contributed by atoms with Crippen LogP contribution < -0.4 is 5.32 Å². The predicted molar refractivity (Wildman–Crippen MR) is 77.8 cm³/mol. The van der Waals surface area contributed by atoms with Gasteiger partial charge < -0.3 is 14.8 Å². The SMILES string of the molecule is CNc1cc(C(=O)N(C)Cc2nccn2C)c(Cl)cn1. The lowest BCUT2D eigenvalue weighted by Gasteiger charge is -2.18. The van der Waals surface area contributed by atoms with Crippen LogP contribution in [0.15, 0.2) is 24.7 Å². The molecule has 7 heteroatoms. The third kappa shape index (κ3) is 2.91. The van der Waals surface area contributed by atoms with Crippen molar-refractivity contribution in [3.63, 3.8) is 0 Å². The minimum Gasteiger partial charge on any atom is -0.373 e. The summed E-state index contributed by atoms with van der Waals surface area (Å²) in [7, 11) is 5.34. The molecule has 0 atom stereocenters. The van der Waals surface area contributed by atoms with Gasteiger partial charge in [-0.15, -0.1) is 0 Å². The fourth-order valence-corrected chi connectivity index (χ4v) is 1.96. The van der Waals surface area contributed by atoms with E-state index in [1.165, 1.54) is 6.20 Å². The van der Waals surface area contributed by atoms with Gasteiger partial charge in [-0.25, -0.2) is 9.97 Å². The highest BCUT2D eigenvalue weighted by molar-refractivity contribution is 6.33. The van der Waals surface area contributed by atoms with E-state index in [0.29, 0.717) is 22.9 Å². The Bertz CT molecular complexity index is 625. The maximum atomic E-state index is 12.4. The number of aryl methyl sites for hydroxylation is 1. The molecule has 0 unspecified atom stereocenters. The molecule has 20 heavy (non-hydrogen) atoms. The molecule has 0 aliphatic rings. The lowest BCUT2D eigenvalue weighted by Crippen LogP contribution is -2.28. The highest BCUT2D eigenvalue weighted by Gasteiger charge is 2.17. The fourth-order valence-electron chi connectivity index (χ4n) is 1.78. The van der Waals surface area contributed by atoms with Gasteiger partial charge in [0.25, 0.3) is 5.91 Å². The summed E-state index contributed by atoms with van der Waals surface area (Å²) >= 11 is 6.05. The van der Waals surface area contributed by atoms with Gasteiger partial charge in [0.2, 0.25) is 0 Å². The van der Waals surface area contributed by atoms with E-state index in [-0.39, 0.29) is 5.91 Å². The minimum atomic E-state index is -0.170. The zero-order valence-corrected chi connectivity index (χ0v) is 12.3. The van der Waals surface area contributed by atoms with Gasteiger partial charge >= 0.3 is 0 Å². The van der Waals surface area contributed by atoms with Crippen LogP contribution in [0.1, 0.15) is 16.2 Å². The van der Waals surface area contributed by atoms with E-state index >= 15 is 0 Å². The Morgan fingerprint density at radius 3 is 2.85 bits per heavy atom. The summed E-state index contributed by atoms with van der Waals surface area (Å²) in [6.07, 6.45) is 5.01. The van der Waals surface area contributed by atoms with E-state index in [0.717, 1.165) is 5.82 Å². The van der Waals surface area contributed by atoms with Crippen LogP contribution in [0, 0.1) is 0 Å². The third-order valence-electron chi connectivity index (χ3n) is 2.99. The molecule has 0 aromatic carbocycles. The van der Waals surface area contributed by atoms with Crippen LogP contribution in [0.2, 0.25) is 5.02 Å². The van der Waals surface area contributed by atoms with Crippen LogP contribution in [0.25, 0.3) is 0 Å². The maximum Gasteiger partial charge on any atom is 0.255 e. The number of imidazole rings is 1. The predicted octanol–water partition coefficient (Wildman–Crippen LogP) is 1.78. The van der Waals surface area contributed by atoms with Crippen molar-refractivity contribution in [1.82, 2.24) is 19.4 Å². The van der Waals surface area contributed by atoms with Gasteiger partial charge in [0.15, 0.2) is 0 Å². The molecule has 0 radical (unpaired) electrons. The van der Waals surface area contributed by atoms with Crippen molar-refractivity contribution >= 4 is 23.3 Å². The second-order valence-electron chi connectivity index (χ2n) is 4.41. The normalized spacial score (nSPS) is 10.4. The second-order valence-corrected chi connectivity index (χ2v) is 4.82. The average Bonchev–Trinajstić information content (AvgIpc) is 2.84. The number of amides is 1. The number of carbonyl (C=O) groups excluding carboxylic acids is 1. The quantitative estimate of drug-likeness (QED) is 0.933. The molecule has 2 aromatic heterocycles. The second kappa shape index (κ2) is 5.92. The molecular weight excluding hydrogens is 278 g/mol.